The number of rotatable bonds is 6. The van der Waals surface area contributed by atoms with Gasteiger partial charge in [-0.1, -0.05) is 0 Å². The topological polar surface area (TPSA) is 111 Å². The third kappa shape index (κ3) is 4.86. The van der Waals surface area contributed by atoms with Crippen LogP contribution in [0.4, 0.5) is 10.5 Å². The molecule has 0 radical (unpaired) electrons. The van der Waals surface area contributed by atoms with Crippen LogP contribution in [0.2, 0.25) is 0 Å². The lowest BCUT2D eigenvalue weighted by Crippen LogP contribution is -2.30. The first-order valence-electron chi connectivity index (χ1n) is 5.91. The normalized spacial score (nSPS) is 9.40. The standard InChI is InChI=1S/C13H15N3O4/c1-20-11-5-4-9(8-14)7-10(11)16-13(19)15-6-2-3-12(17)18/h4-5,7H,2-3,6H2,1H3,(H,17,18)(H2,15,16,19). The molecule has 0 atom stereocenters. The van der Waals surface area contributed by atoms with Crippen molar-refractivity contribution in [1.82, 2.24) is 5.32 Å². The summed E-state index contributed by atoms with van der Waals surface area (Å²) in [6, 6.07) is 6.14. The van der Waals surface area contributed by atoms with Gasteiger partial charge >= 0.3 is 12.0 Å². The molecule has 0 saturated heterocycles. The molecular formula is C13H15N3O4. The summed E-state index contributed by atoms with van der Waals surface area (Å²) in [6.45, 7) is 0.248. The van der Waals surface area contributed by atoms with E-state index >= 15 is 0 Å². The Morgan fingerprint density at radius 2 is 2.20 bits per heavy atom. The molecule has 0 heterocycles. The van der Waals surface area contributed by atoms with Gasteiger partial charge in [-0.05, 0) is 24.6 Å². The fourth-order valence-electron chi connectivity index (χ4n) is 1.48. The second-order valence-corrected chi connectivity index (χ2v) is 3.91. The number of carbonyl (C=O) groups is 2. The van der Waals surface area contributed by atoms with Crippen LogP contribution in [0.5, 0.6) is 5.75 Å². The van der Waals surface area contributed by atoms with Crippen LogP contribution < -0.4 is 15.4 Å². The highest BCUT2D eigenvalue weighted by Gasteiger charge is 2.08. The number of nitrogens with zero attached hydrogens (tertiary/aromatic N) is 1. The molecule has 1 rings (SSSR count). The third-order valence-electron chi connectivity index (χ3n) is 2.43. The second-order valence-electron chi connectivity index (χ2n) is 3.91. The Bertz CT molecular complexity index is 537. The number of aliphatic carboxylic acids is 1. The Labute approximate surface area is 116 Å². The molecular weight excluding hydrogens is 262 g/mol. The molecule has 0 saturated carbocycles. The molecule has 0 aliphatic rings. The molecule has 20 heavy (non-hydrogen) atoms. The zero-order chi connectivity index (χ0) is 15.0. The lowest BCUT2D eigenvalue weighted by Gasteiger charge is -2.11. The summed E-state index contributed by atoms with van der Waals surface area (Å²) in [4.78, 5) is 21.9. The molecule has 0 unspecified atom stereocenters. The highest BCUT2D eigenvalue weighted by molar-refractivity contribution is 5.91. The van der Waals surface area contributed by atoms with E-state index in [4.69, 9.17) is 15.1 Å². The van der Waals surface area contributed by atoms with Crippen molar-refractivity contribution >= 4 is 17.7 Å². The van der Waals surface area contributed by atoms with Gasteiger partial charge in [0.15, 0.2) is 0 Å². The molecule has 0 bridgehead atoms. The maximum atomic E-state index is 11.6. The number of hydrogen-bond donors (Lipinski definition) is 3. The number of benzene rings is 1. The number of hydrogen-bond acceptors (Lipinski definition) is 4. The molecule has 0 aliphatic carbocycles. The van der Waals surface area contributed by atoms with E-state index in [0.29, 0.717) is 23.4 Å². The number of carbonyl (C=O) groups excluding carboxylic acids is 1. The Kier molecular flexibility index (Phi) is 5.84. The highest BCUT2D eigenvalue weighted by atomic mass is 16.5. The molecule has 0 aliphatic heterocycles. The number of carboxylic acids is 1. The molecule has 1 aromatic rings. The van der Waals surface area contributed by atoms with Crippen LogP contribution >= 0.6 is 0 Å². The van der Waals surface area contributed by atoms with Gasteiger partial charge in [-0.25, -0.2) is 4.79 Å². The van der Waals surface area contributed by atoms with Crippen molar-refractivity contribution in [1.29, 1.82) is 5.26 Å². The summed E-state index contributed by atoms with van der Waals surface area (Å²) in [5.41, 5.74) is 0.772. The number of anilines is 1. The average Bonchev–Trinajstić information content (AvgIpc) is 2.43. The van der Waals surface area contributed by atoms with Gasteiger partial charge in [-0.3, -0.25) is 4.79 Å². The summed E-state index contributed by atoms with van der Waals surface area (Å²) in [7, 11) is 1.46. The Morgan fingerprint density at radius 1 is 1.45 bits per heavy atom. The first kappa shape index (κ1) is 15.3. The molecule has 106 valence electrons. The predicted octanol–water partition coefficient (Wildman–Crippen LogP) is 1.55. The maximum Gasteiger partial charge on any atom is 0.319 e. The summed E-state index contributed by atoms with van der Waals surface area (Å²) < 4.78 is 5.07. The van der Waals surface area contributed by atoms with Gasteiger partial charge in [-0.15, -0.1) is 0 Å². The number of urea groups is 1. The smallest absolute Gasteiger partial charge is 0.319 e. The minimum Gasteiger partial charge on any atom is -0.495 e. The molecule has 7 nitrogen and oxygen atoms in total. The van der Waals surface area contributed by atoms with Gasteiger partial charge in [0.25, 0.3) is 0 Å². The van der Waals surface area contributed by atoms with E-state index in [-0.39, 0.29) is 13.0 Å². The van der Waals surface area contributed by atoms with Crippen molar-refractivity contribution in [3.63, 3.8) is 0 Å². The first-order valence-corrected chi connectivity index (χ1v) is 5.91. The molecule has 0 aromatic heterocycles. The Morgan fingerprint density at radius 3 is 2.80 bits per heavy atom. The van der Waals surface area contributed by atoms with Crippen molar-refractivity contribution in [2.24, 2.45) is 0 Å². The van der Waals surface area contributed by atoms with E-state index in [1.807, 2.05) is 6.07 Å². The quantitative estimate of drug-likeness (QED) is 0.683. The Hall–Kier alpha value is -2.75. The largest absolute Gasteiger partial charge is 0.495 e. The van der Waals surface area contributed by atoms with Gasteiger partial charge in [0.1, 0.15) is 5.75 Å². The lowest BCUT2D eigenvalue weighted by atomic mass is 10.2. The Balaban J connectivity index is 2.56. The number of ether oxygens (including phenoxy) is 1. The fourth-order valence-corrected chi connectivity index (χ4v) is 1.48. The number of nitriles is 1. The molecule has 3 N–H and O–H groups in total. The second kappa shape index (κ2) is 7.63. The van der Waals surface area contributed by atoms with Crippen molar-refractivity contribution in [2.45, 2.75) is 12.8 Å². The van der Waals surface area contributed by atoms with E-state index in [1.165, 1.54) is 13.2 Å². The summed E-state index contributed by atoms with van der Waals surface area (Å²) in [5.74, 6) is -0.472. The van der Waals surface area contributed by atoms with Crippen molar-refractivity contribution in [2.75, 3.05) is 19.0 Å². The van der Waals surface area contributed by atoms with Crippen molar-refractivity contribution < 1.29 is 19.4 Å². The van der Waals surface area contributed by atoms with Gasteiger partial charge in [-0.2, -0.15) is 5.26 Å². The van der Waals surface area contributed by atoms with Gasteiger partial charge < -0.3 is 20.5 Å². The van der Waals surface area contributed by atoms with E-state index in [0.717, 1.165) is 0 Å². The molecule has 7 heteroatoms. The summed E-state index contributed by atoms with van der Waals surface area (Å²) in [6.07, 6.45) is 0.339. The van der Waals surface area contributed by atoms with Gasteiger partial charge in [0, 0.05) is 13.0 Å². The van der Waals surface area contributed by atoms with Crippen molar-refractivity contribution in [3.8, 4) is 11.8 Å². The number of amides is 2. The minimum absolute atomic E-state index is 0.00643. The SMILES string of the molecule is COc1ccc(C#N)cc1NC(=O)NCCCC(=O)O. The van der Waals surface area contributed by atoms with E-state index in [9.17, 15) is 9.59 Å². The third-order valence-corrected chi connectivity index (χ3v) is 2.43. The molecule has 2 amide bonds. The van der Waals surface area contributed by atoms with E-state index in [1.54, 1.807) is 12.1 Å². The first-order chi connectivity index (χ1) is 9.56. The zero-order valence-corrected chi connectivity index (χ0v) is 11.0. The van der Waals surface area contributed by atoms with Crippen LogP contribution in [-0.4, -0.2) is 30.8 Å². The van der Waals surface area contributed by atoms with Crippen LogP contribution in [0, 0.1) is 11.3 Å². The van der Waals surface area contributed by atoms with Crippen LogP contribution in [0.25, 0.3) is 0 Å². The van der Waals surface area contributed by atoms with Gasteiger partial charge in [0.2, 0.25) is 0 Å². The van der Waals surface area contributed by atoms with Gasteiger partial charge in [0.05, 0.1) is 24.4 Å². The van der Waals surface area contributed by atoms with Crippen LogP contribution in [-0.2, 0) is 4.79 Å². The average molecular weight is 277 g/mol. The molecule has 0 fully saturated rings. The van der Waals surface area contributed by atoms with E-state index in [2.05, 4.69) is 10.6 Å². The monoisotopic (exact) mass is 277 g/mol. The minimum atomic E-state index is -0.907. The summed E-state index contributed by atoms with van der Waals surface area (Å²) >= 11 is 0. The number of nitrogens with one attached hydrogen (secondary N) is 2. The van der Waals surface area contributed by atoms with E-state index < -0.39 is 12.0 Å². The van der Waals surface area contributed by atoms with Crippen LogP contribution in [0.3, 0.4) is 0 Å². The fraction of sp³-hybridized carbons (Fsp3) is 0.308. The summed E-state index contributed by atoms with van der Waals surface area (Å²) in [5, 5.41) is 22.3. The highest BCUT2D eigenvalue weighted by Crippen LogP contribution is 2.24. The maximum absolute atomic E-state index is 11.6. The van der Waals surface area contributed by atoms with Crippen LogP contribution in [0.1, 0.15) is 18.4 Å². The van der Waals surface area contributed by atoms with Crippen LogP contribution in [0.15, 0.2) is 18.2 Å². The van der Waals surface area contributed by atoms with Crippen molar-refractivity contribution in [3.05, 3.63) is 23.8 Å². The lowest BCUT2D eigenvalue weighted by molar-refractivity contribution is -0.137. The molecule has 0 spiro atoms. The number of carboxylic acid groups (broad SMARTS) is 1. The zero-order valence-electron chi connectivity index (χ0n) is 11.0. The molecule has 1 aromatic carbocycles. The predicted molar refractivity (Wildman–Crippen MR) is 71.6 cm³/mol. The number of methoxy groups -OCH3 is 1.